The molecule has 0 saturated heterocycles. The number of benzene rings is 1. The van der Waals surface area contributed by atoms with E-state index in [1.807, 2.05) is 42.3 Å². The van der Waals surface area contributed by atoms with Gasteiger partial charge < -0.3 is 14.8 Å². The summed E-state index contributed by atoms with van der Waals surface area (Å²) in [7, 11) is 0. The van der Waals surface area contributed by atoms with Gasteiger partial charge in [-0.15, -0.1) is 0 Å². The maximum Gasteiger partial charge on any atom is 0.317 e. The number of hydrogen-bond donors (Lipinski definition) is 1. The molecule has 5 heteroatoms. The van der Waals surface area contributed by atoms with Crippen molar-refractivity contribution >= 4 is 17.6 Å². The van der Waals surface area contributed by atoms with Crippen molar-refractivity contribution in [2.45, 2.75) is 33.9 Å². The van der Waals surface area contributed by atoms with Gasteiger partial charge in [0.2, 0.25) is 0 Å². The lowest BCUT2D eigenvalue weighted by Crippen LogP contribution is -2.41. The minimum absolute atomic E-state index is 0.0123. The molecule has 0 unspecified atom stereocenters. The molecule has 0 radical (unpaired) electrons. The molecule has 0 aliphatic heterocycles. The van der Waals surface area contributed by atoms with Gasteiger partial charge in [-0.3, -0.25) is 0 Å². The zero-order valence-corrected chi connectivity index (χ0v) is 15.4. The molecule has 1 aromatic carbocycles. The summed E-state index contributed by atoms with van der Waals surface area (Å²) in [5, 5.41) is 3.64. The summed E-state index contributed by atoms with van der Waals surface area (Å²) in [6.07, 6.45) is 2.04. The molecule has 0 bridgehead atoms. The molecule has 1 heterocycles. The Bertz CT molecular complexity index is 666. The largest absolute Gasteiger partial charge is 0.345 e. The first kappa shape index (κ1) is 18.4. The number of hydrogen-bond acceptors (Lipinski definition) is 1. The Morgan fingerprint density at radius 3 is 2.75 bits per heavy atom. The van der Waals surface area contributed by atoms with Crippen LogP contribution in [0.1, 0.15) is 32.0 Å². The molecule has 2 aromatic rings. The Morgan fingerprint density at radius 1 is 1.29 bits per heavy atom. The number of aromatic nitrogens is 1. The van der Waals surface area contributed by atoms with E-state index in [2.05, 4.69) is 35.9 Å². The van der Waals surface area contributed by atoms with Gasteiger partial charge >= 0.3 is 6.03 Å². The number of carbonyl (C=O) groups excluding carboxylic acids is 1. The first-order valence-corrected chi connectivity index (χ1v) is 8.78. The number of urea groups is 1. The van der Waals surface area contributed by atoms with E-state index in [0.29, 0.717) is 19.0 Å². The Labute approximate surface area is 149 Å². The molecule has 0 saturated carbocycles. The van der Waals surface area contributed by atoms with Crippen LogP contribution in [-0.2, 0) is 13.1 Å². The van der Waals surface area contributed by atoms with Crippen molar-refractivity contribution in [3.05, 3.63) is 58.9 Å². The molecule has 24 heavy (non-hydrogen) atoms. The topological polar surface area (TPSA) is 37.3 Å². The fraction of sp³-hybridized carbons (Fsp3) is 0.421. The second-order valence-electron chi connectivity index (χ2n) is 6.37. The molecule has 1 aromatic heterocycles. The normalized spacial score (nSPS) is 10.9. The van der Waals surface area contributed by atoms with E-state index in [1.165, 1.54) is 0 Å². The summed E-state index contributed by atoms with van der Waals surface area (Å²) in [4.78, 5) is 14.2. The molecule has 4 nitrogen and oxygen atoms in total. The van der Waals surface area contributed by atoms with Gasteiger partial charge in [-0.1, -0.05) is 37.6 Å². The van der Waals surface area contributed by atoms with Gasteiger partial charge in [-0.2, -0.15) is 0 Å². The second kappa shape index (κ2) is 8.78. The molecule has 2 amide bonds. The Kier molecular flexibility index (Phi) is 6.73. The summed E-state index contributed by atoms with van der Waals surface area (Å²) >= 11 is 6.07. The first-order valence-electron chi connectivity index (χ1n) is 8.40. The molecule has 0 fully saturated rings. The molecule has 0 spiro atoms. The lowest BCUT2D eigenvalue weighted by Gasteiger charge is -2.25. The van der Waals surface area contributed by atoms with E-state index in [4.69, 9.17) is 11.6 Å². The third-order valence-electron chi connectivity index (χ3n) is 3.72. The lowest BCUT2D eigenvalue weighted by molar-refractivity contribution is 0.187. The van der Waals surface area contributed by atoms with E-state index in [9.17, 15) is 4.79 Å². The van der Waals surface area contributed by atoms with Crippen molar-refractivity contribution in [2.75, 3.05) is 13.1 Å². The van der Waals surface area contributed by atoms with Crippen LogP contribution in [0.2, 0.25) is 5.02 Å². The average Bonchev–Trinajstić information content (AvgIpc) is 2.93. The number of amides is 2. The third-order valence-corrected chi connectivity index (χ3v) is 3.95. The van der Waals surface area contributed by atoms with E-state index in [0.717, 1.165) is 29.4 Å². The van der Waals surface area contributed by atoms with Crippen molar-refractivity contribution in [1.82, 2.24) is 14.8 Å². The molecule has 0 atom stereocenters. The summed E-state index contributed by atoms with van der Waals surface area (Å²) in [5.41, 5.74) is 2.26. The van der Waals surface area contributed by atoms with Crippen molar-refractivity contribution in [3.63, 3.8) is 0 Å². The van der Waals surface area contributed by atoms with Crippen LogP contribution in [0.15, 0.2) is 42.6 Å². The van der Waals surface area contributed by atoms with Gasteiger partial charge in [-0.05, 0) is 42.7 Å². The van der Waals surface area contributed by atoms with Crippen molar-refractivity contribution in [2.24, 2.45) is 5.92 Å². The summed E-state index contributed by atoms with van der Waals surface area (Å²) in [6.45, 7) is 8.89. The standard InChI is InChI=1S/C19H26ClN3O/c1-4-21-19(24)23(12-15(2)3)14-18-9-6-10-22(18)13-16-7-5-8-17(20)11-16/h5-11,15H,4,12-14H2,1-3H3,(H,21,24). The monoisotopic (exact) mass is 347 g/mol. The quantitative estimate of drug-likeness (QED) is 0.793. The predicted molar refractivity (Wildman–Crippen MR) is 99.3 cm³/mol. The summed E-state index contributed by atoms with van der Waals surface area (Å²) in [5.74, 6) is 0.420. The number of nitrogens with zero attached hydrogens (tertiary/aromatic N) is 2. The van der Waals surface area contributed by atoms with Gasteiger partial charge in [0.15, 0.2) is 0 Å². The van der Waals surface area contributed by atoms with E-state index < -0.39 is 0 Å². The van der Waals surface area contributed by atoms with Gasteiger partial charge in [0.05, 0.1) is 6.54 Å². The first-order chi connectivity index (χ1) is 11.5. The number of carbonyl (C=O) groups is 1. The van der Waals surface area contributed by atoms with Crippen LogP contribution >= 0.6 is 11.6 Å². The zero-order chi connectivity index (χ0) is 17.5. The fourth-order valence-electron chi connectivity index (χ4n) is 2.70. The highest BCUT2D eigenvalue weighted by atomic mass is 35.5. The van der Waals surface area contributed by atoms with E-state index >= 15 is 0 Å². The van der Waals surface area contributed by atoms with Gasteiger partial charge in [0.1, 0.15) is 0 Å². The van der Waals surface area contributed by atoms with Crippen LogP contribution in [0.4, 0.5) is 4.79 Å². The molecular formula is C19H26ClN3O. The SMILES string of the molecule is CCNC(=O)N(Cc1cccn1Cc1cccc(Cl)c1)CC(C)C. The smallest absolute Gasteiger partial charge is 0.317 e. The number of nitrogens with one attached hydrogen (secondary N) is 1. The maximum atomic E-state index is 12.3. The van der Waals surface area contributed by atoms with E-state index in [1.54, 1.807) is 0 Å². The molecular weight excluding hydrogens is 322 g/mol. The highest BCUT2D eigenvalue weighted by Gasteiger charge is 2.16. The number of rotatable bonds is 7. The molecule has 0 aliphatic carbocycles. The molecule has 1 N–H and O–H groups in total. The van der Waals surface area contributed by atoms with Gasteiger partial charge in [0.25, 0.3) is 0 Å². The molecule has 2 rings (SSSR count). The lowest BCUT2D eigenvalue weighted by atomic mass is 10.2. The van der Waals surface area contributed by atoms with Crippen molar-refractivity contribution in [1.29, 1.82) is 0 Å². The van der Waals surface area contributed by atoms with Crippen LogP contribution in [-0.4, -0.2) is 28.6 Å². The van der Waals surface area contributed by atoms with Crippen LogP contribution in [0.3, 0.4) is 0 Å². The van der Waals surface area contributed by atoms with Crippen LogP contribution < -0.4 is 5.32 Å². The average molecular weight is 348 g/mol. The molecule has 130 valence electrons. The minimum Gasteiger partial charge on any atom is -0.345 e. The maximum absolute atomic E-state index is 12.3. The Morgan fingerprint density at radius 2 is 2.08 bits per heavy atom. The van der Waals surface area contributed by atoms with Gasteiger partial charge in [-0.25, -0.2) is 4.79 Å². The Balaban J connectivity index is 2.13. The summed E-state index contributed by atoms with van der Waals surface area (Å²) < 4.78 is 2.16. The fourth-order valence-corrected chi connectivity index (χ4v) is 2.91. The Hall–Kier alpha value is -1.94. The second-order valence-corrected chi connectivity index (χ2v) is 6.80. The van der Waals surface area contributed by atoms with Crippen LogP contribution in [0, 0.1) is 5.92 Å². The van der Waals surface area contributed by atoms with Gasteiger partial charge in [0, 0.05) is 36.5 Å². The van der Waals surface area contributed by atoms with Crippen molar-refractivity contribution in [3.8, 4) is 0 Å². The highest BCUT2D eigenvalue weighted by Crippen LogP contribution is 2.15. The minimum atomic E-state index is -0.0123. The molecule has 0 aliphatic rings. The summed E-state index contributed by atoms with van der Waals surface area (Å²) in [6, 6.07) is 11.9. The van der Waals surface area contributed by atoms with Crippen LogP contribution in [0.25, 0.3) is 0 Å². The van der Waals surface area contributed by atoms with Crippen molar-refractivity contribution < 1.29 is 4.79 Å². The van der Waals surface area contributed by atoms with E-state index in [-0.39, 0.29) is 6.03 Å². The van der Waals surface area contributed by atoms with Crippen LogP contribution in [0.5, 0.6) is 0 Å². The number of halogens is 1. The highest BCUT2D eigenvalue weighted by molar-refractivity contribution is 6.30. The zero-order valence-electron chi connectivity index (χ0n) is 14.6. The third kappa shape index (κ3) is 5.31. The predicted octanol–water partition coefficient (Wildman–Crippen LogP) is 4.38.